The van der Waals surface area contributed by atoms with Crippen LogP contribution in [-0.4, -0.2) is 42.9 Å². The van der Waals surface area contributed by atoms with Gasteiger partial charge in [0.05, 0.1) is 6.04 Å². The van der Waals surface area contributed by atoms with E-state index in [1.165, 1.54) is 0 Å². The van der Waals surface area contributed by atoms with Crippen molar-refractivity contribution in [3.63, 3.8) is 0 Å². The van der Waals surface area contributed by atoms with Gasteiger partial charge >= 0.3 is 0 Å². The standard InChI is InChI=1S/C14H20N2O3/c17-11(10-19-12-5-2-1-3-6-12)9-16-13-7-4-8-15-14(13)18/h1-3,5-6,11,13,16-17H,4,7-10H2,(H,15,18). The van der Waals surface area contributed by atoms with E-state index in [0.29, 0.717) is 6.54 Å². The molecule has 0 spiro atoms. The van der Waals surface area contributed by atoms with Crippen LogP contribution in [0.25, 0.3) is 0 Å². The van der Waals surface area contributed by atoms with Crippen molar-refractivity contribution in [1.29, 1.82) is 0 Å². The monoisotopic (exact) mass is 264 g/mol. The smallest absolute Gasteiger partial charge is 0.237 e. The minimum atomic E-state index is -0.630. The van der Waals surface area contributed by atoms with Crippen LogP contribution in [0.2, 0.25) is 0 Å². The maximum absolute atomic E-state index is 11.5. The Morgan fingerprint density at radius 3 is 2.95 bits per heavy atom. The third-order valence-electron chi connectivity index (χ3n) is 3.07. The van der Waals surface area contributed by atoms with Crippen molar-refractivity contribution in [2.24, 2.45) is 0 Å². The number of piperidine rings is 1. The normalized spacial score (nSPS) is 20.7. The molecule has 2 unspecified atom stereocenters. The number of ether oxygens (including phenoxy) is 1. The highest BCUT2D eigenvalue weighted by atomic mass is 16.5. The van der Waals surface area contributed by atoms with E-state index in [4.69, 9.17) is 4.74 Å². The molecule has 0 aliphatic carbocycles. The molecule has 5 nitrogen and oxygen atoms in total. The highest BCUT2D eigenvalue weighted by Crippen LogP contribution is 2.08. The molecule has 2 rings (SSSR count). The molecule has 1 aromatic rings. The van der Waals surface area contributed by atoms with Gasteiger partial charge in [0.1, 0.15) is 18.5 Å². The topological polar surface area (TPSA) is 70.6 Å². The molecule has 1 aliphatic heterocycles. The first kappa shape index (κ1) is 13.8. The van der Waals surface area contributed by atoms with E-state index in [-0.39, 0.29) is 18.6 Å². The number of hydrogen-bond acceptors (Lipinski definition) is 4. The SMILES string of the molecule is O=C1NCCCC1NCC(O)COc1ccccc1. The highest BCUT2D eigenvalue weighted by Gasteiger charge is 2.21. The van der Waals surface area contributed by atoms with Crippen LogP contribution in [0, 0.1) is 0 Å². The fourth-order valence-electron chi connectivity index (χ4n) is 2.01. The van der Waals surface area contributed by atoms with E-state index >= 15 is 0 Å². The maximum Gasteiger partial charge on any atom is 0.237 e. The summed E-state index contributed by atoms with van der Waals surface area (Å²) in [5.74, 6) is 0.749. The number of carbonyl (C=O) groups excluding carboxylic acids is 1. The Hall–Kier alpha value is -1.59. The molecular weight excluding hydrogens is 244 g/mol. The first-order valence-corrected chi connectivity index (χ1v) is 6.63. The van der Waals surface area contributed by atoms with E-state index in [1.54, 1.807) is 0 Å². The lowest BCUT2D eigenvalue weighted by Crippen LogP contribution is -2.50. The predicted octanol–water partition coefficient (Wildman–Crippen LogP) is 0.295. The zero-order valence-electron chi connectivity index (χ0n) is 10.8. The van der Waals surface area contributed by atoms with Crippen molar-refractivity contribution >= 4 is 5.91 Å². The van der Waals surface area contributed by atoms with Crippen LogP contribution in [0.15, 0.2) is 30.3 Å². The Labute approximate surface area is 113 Å². The Bertz CT molecular complexity index is 397. The van der Waals surface area contributed by atoms with Crippen LogP contribution in [0.1, 0.15) is 12.8 Å². The van der Waals surface area contributed by atoms with E-state index in [2.05, 4.69) is 10.6 Å². The second-order valence-corrected chi connectivity index (χ2v) is 4.67. The van der Waals surface area contributed by atoms with Gasteiger partial charge in [0.2, 0.25) is 5.91 Å². The number of amides is 1. The van der Waals surface area contributed by atoms with Gasteiger partial charge in [-0.05, 0) is 25.0 Å². The number of aliphatic hydroxyl groups is 1. The summed E-state index contributed by atoms with van der Waals surface area (Å²) in [6, 6.07) is 9.16. The lowest BCUT2D eigenvalue weighted by Gasteiger charge is -2.24. The second kappa shape index (κ2) is 7.11. The van der Waals surface area contributed by atoms with Crippen molar-refractivity contribution in [3.05, 3.63) is 30.3 Å². The second-order valence-electron chi connectivity index (χ2n) is 4.67. The summed E-state index contributed by atoms with van der Waals surface area (Å²) >= 11 is 0. The quantitative estimate of drug-likeness (QED) is 0.691. The van der Waals surface area contributed by atoms with Crippen molar-refractivity contribution in [2.75, 3.05) is 19.7 Å². The highest BCUT2D eigenvalue weighted by molar-refractivity contribution is 5.82. The molecule has 104 valence electrons. The fourth-order valence-corrected chi connectivity index (χ4v) is 2.01. The summed E-state index contributed by atoms with van der Waals surface area (Å²) in [7, 11) is 0. The Balaban J connectivity index is 1.67. The average molecular weight is 264 g/mol. The first-order valence-electron chi connectivity index (χ1n) is 6.63. The van der Waals surface area contributed by atoms with Crippen LogP contribution in [-0.2, 0) is 4.79 Å². The molecule has 1 heterocycles. The third kappa shape index (κ3) is 4.54. The van der Waals surface area contributed by atoms with Crippen molar-refractivity contribution < 1.29 is 14.6 Å². The predicted molar refractivity (Wildman–Crippen MR) is 72.0 cm³/mol. The van der Waals surface area contributed by atoms with Gasteiger partial charge in [-0.3, -0.25) is 4.79 Å². The lowest BCUT2D eigenvalue weighted by atomic mass is 10.1. The van der Waals surface area contributed by atoms with E-state index in [9.17, 15) is 9.90 Å². The van der Waals surface area contributed by atoms with Crippen LogP contribution >= 0.6 is 0 Å². The van der Waals surface area contributed by atoms with Gasteiger partial charge in [0.15, 0.2) is 0 Å². The van der Waals surface area contributed by atoms with Gasteiger partial charge < -0.3 is 20.5 Å². The largest absolute Gasteiger partial charge is 0.491 e. The number of benzene rings is 1. The molecule has 1 aliphatic rings. The number of aliphatic hydroxyl groups excluding tert-OH is 1. The molecule has 0 bridgehead atoms. The lowest BCUT2D eigenvalue weighted by molar-refractivity contribution is -0.124. The summed E-state index contributed by atoms with van der Waals surface area (Å²) in [4.78, 5) is 11.5. The average Bonchev–Trinajstić information content (AvgIpc) is 2.45. The third-order valence-corrected chi connectivity index (χ3v) is 3.07. The zero-order chi connectivity index (χ0) is 13.5. The molecule has 1 saturated heterocycles. The molecule has 0 saturated carbocycles. The minimum absolute atomic E-state index is 0.0161. The zero-order valence-corrected chi connectivity index (χ0v) is 10.8. The summed E-state index contributed by atoms with van der Waals surface area (Å²) in [6.07, 6.45) is 1.16. The van der Waals surface area contributed by atoms with Crippen molar-refractivity contribution in [1.82, 2.24) is 10.6 Å². The molecule has 1 amide bonds. The first-order chi connectivity index (χ1) is 9.25. The van der Waals surface area contributed by atoms with Crippen LogP contribution < -0.4 is 15.4 Å². The van der Waals surface area contributed by atoms with Crippen LogP contribution in [0.4, 0.5) is 0 Å². The molecule has 1 fully saturated rings. The summed E-state index contributed by atoms with van der Waals surface area (Å²) in [5, 5.41) is 15.7. The molecule has 1 aromatic carbocycles. The molecule has 5 heteroatoms. The van der Waals surface area contributed by atoms with Crippen LogP contribution in [0.5, 0.6) is 5.75 Å². The number of nitrogens with one attached hydrogen (secondary N) is 2. The molecular formula is C14H20N2O3. The summed E-state index contributed by atoms with van der Waals surface area (Å²) < 4.78 is 5.44. The Kier molecular flexibility index (Phi) is 5.18. The fraction of sp³-hybridized carbons (Fsp3) is 0.500. The maximum atomic E-state index is 11.5. The van der Waals surface area contributed by atoms with Gasteiger partial charge in [0, 0.05) is 13.1 Å². The Morgan fingerprint density at radius 1 is 1.42 bits per heavy atom. The summed E-state index contributed by atoms with van der Waals surface area (Å²) in [5.41, 5.74) is 0. The summed E-state index contributed by atoms with van der Waals surface area (Å²) in [6.45, 7) is 1.31. The molecule has 0 aromatic heterocycles. The molecule has 3 N–H and O–H groups in total. The van der Waals surface area contributed by atoms with Gasteiger partial charge in [-0.25, -0.2) is 0 Å². The number of para-hydroxylation sites is 1. The van der Waals surface area contributed by atoms with Gasteiger partial charge in [0.25, 0.3) is 0 Å². The van der Waals surface area contributed by atoms with Crippen LogP contribution in [0.3, 0.4) is 0 Å². The van der Waals surface area contributed by atoms with Crippen molar-refractivity contribution in [2.45, 2.75) is 25.0 Å². The van der Waals surface area contributed by atoms with Gasteiger partial charge in [-0.2, -0.15) is 0 Å². The van der Waals surface area contributed by atoms with Gasteiger partial charge in [-0.15, -0.1) is 0 Å². The molecule has 19 heavy (non-hydrogen) atoms. The van der Waals surface area contributed by atoms with E-state index in [0.717, 1.165) is 25.1 Å². The van der Waals surface area contributed by atoms with Gasteiger partial charge in [-0.1, -0.05) is 18.2 Å². The Morgan fingerprint density at radius 2 is 2.21 bits per heavy atom. The van der Waals surface area contributed by atoms with E-state index < -0.39 is 6.10 Å². The number of hydrogen-bond donors (Lipinski definition) is 3. The van der Waals surface area contributed by atoms with E-state index in [1.807, 2.05) is 30.3 Å². The number of carbonyl (C=O) groups is 1. The molecule has 2 atom stereocenters. The van der Waals surface area contributed by atoms with Crippen molar-refractivity contribution in [3.8, 4) is 5.75 Å². The number of rotatable bonds is 6. The minimum Gasteiger partial charge on any atom is -0.491 e. The molecule has 0 radical (unpaired) electrons.